The molecule has 1 saturated heterocycles. The van der Waals surface area contributed by atoms with Crippen LogP contribution in [0.25, 0.3) is 0 Å². The Hall–Kier alpha value is -0.370. The number of hydrogen-bond donors (Lipinski definition) is 0. The lowest BCUT2D eigenvalue weighted by atomic mass is 9.78. The topological polar surface area (TPSA) is 20.3 Å². The predicted molar refractivity (Wildman–Crippen MR) is 48.0 cm³/mol. The fourth-order valence-electron chi connectivity index (χ4n) is 2.76. The Morgan fingerprint density at radius 2 is 2.08 bits per heavy atom. The summed E-state index contributed by atoms with van der Waals surface area (Å²) in [6, 6.07) is 0.285. The number of carbonyl (C=O) groups is 1. The Bertz CT molecular complexity index is 188. The van der Waals surface area contributed by atoms with Crippen molar-refractivity contribution >= 4 is 5.78 Å². The zero-order valence-corrected chi connectivity index (χ0v) is 7.75. The van der Waals surface area contributed by atoms with E-state index in [1.165, 1.54) is 19.3 Å². The average molecular weight is 167 g/mol. The first-order valence-corrected chi connectivity index (χ1v) is 5.02. The van der Waals surface area contributed by atoms with Gasteiger partial charge in [-0.3, -0.25) is 9.69 Å². The van der Waals surface area contributed by atoms with Crippen molar-refractivity contribution in [3.63, 3.8) is 0 Å². The molecule has 0 spiro atoms. The molecule has 1 aliphatic heterocycles. The van der Waals surface area contributed by atoms with Crippen molar-refractivity contribution in [3.05, 3.63) is 0 Å². The van der Waals surface area contributed by atoms with Crippen LogP contribution in [-0.2, 0) is 4.79 Å². The SMILES string of the molecule is CN1CCC[C@@H]2CCCC(=O)[C@H]21. The summed E-state index contributed by atoms with van der Waals surface area (Å²) in [5.41, 5.74) is 0. The van der Waals surface area contributed by atoms with E-state index >= 15 is 0 Å². The molecule has 2 nitrogen and oxygen atoms in total. The lowest BCUT2D eigenvalue weighted by Crippen LogP contribution is -2.49. The van der Waals surface area contributed by atoms with Crippen LogP contribution in [0.15, 0.2) is 0 Å². The second-order valence-electron chi connectivity index (χ2n) is 4.19. The molecule has 2 atom stereocenters. The van der Waals surface area contributed by atoms with Gasteiger partial charge in [0.1, 0.15) is 5.78 Å². The molecule has 0 aromatic carbocycles. The van der Waals surface area contributed by atoms with Crippen LogP contribution in [0.1, 0.15) is 32.1 Å². The molecular weight excluding hydrogens is 150 g/mol. The molecule has 0 N–H and O–H groups in total. The highest BCUT2D eigenvalue weighted by molar-refractivity contribution is 5.85. The van der Waals surface area contributed by atoms with Crippen LogP contribution >= 0.6 is 0 Å². The molecule has 1 heterocycles. The van der Waals surface area contributed by atoms with E-state index in [4.69, 9.17) is 0 Å². The number of carbonyl (C=O) groups excluding carboxylic acids is 1. The van der Waals surface area contributed by atoms with Gasteiger partial charge >= 0.3 is 0 Å². The summed E-state index contributed by atoms with van der Waals surface area (Å²) in [5.74, 6) is 1.18. The van der Waals surface area contributed by atoms with E-state index in [1.807, 2.05) is 0 Å². The molecule has 2 aliphatic rings. The number of rotatable bonds is 0. The van der Waals surface area contributed by atoms with Crippen molar-refractivity contribution in [1.82, 2.24) is 4.90 Å². The molecule has 0 aromatic rings. The maximum Gasteiger partial charge on any atom is 0.150 e. The van der Waals surface area contributed by atoms with Gasteiger partial charge in [-0.25, -0.2) is 0 Å². The molecule has 0 aromatic heterocycles. The standard InChI is InChI=1S/C10H17NO/c1-11-7-3-5-8-4-2-6-9(12)10(8)11/h8,10H,2-7H2,1H3/t8-,10-/m0/s1. The smallest absolute Gasteiger partial charge is 0.150 e. The predicted octanol–water partition coefficient (Wildman–Crippen LogP) is 1.45. The molecule has 0 bridgehead atoms. The minimum absolute atomic E-state index is 0.285. The van der Waals surface area contributed by atoms with Gasteiger partial charge in [-0.1, -0.05) is 0 Å². The van der Waals surface area contributed by atoms with Crippen LogP contribution < -0.4 is 0 Å². The van der Waals surface area contributed by atoms with Gasteiger partial charge in [0, 0.05) is 6.42 Å². The van der Waals surface area contributed by atoms with Crippen LogP contribution in [0.4, 0.5) is 0 Å². The minimum Gasteiger partial charge on any atom is -0.298 e. The number of likely N-dealkylation sites (tertiary alicyclic amines) is 1. The van der Waals surface area contributed by atoms with Crippen LogP contribution in [0.3, 0.4) is 0 Å². The van der Waals surface area contributed by atoms with E-state index in [-0.39, 0.29) is 6.04 Å². The van der Waals surface area contributed by atoms with Gasteiger partial charge in [-0.2, -0.15) is 0 Å². The third kappa shape index (κ3) is 1.28. The number of fused-ring (bicyclic) bond motifs is 1. The van der Waals surface area contributed by atoms with Crippen molar-refractivity contribution in [2.24, 2.45) is 5.92 Å². The minimum atomic E-state index is 0.285. The zero-order chi connectivity index (χ0) is 8.55. The fourth-order valence-corrected chi connectivity index (χ4v) is 2.76. The molecule has 0 unspecified atom stereocenters. The first-order valence-electron chi connectivity index (χ1n) is 5.02. The lowest BCUT2D eigenvalue weighted by molar-refractivity contribution is -0.129. The lowest BCUT2D eigenvalue weighted by Gasteiger charge is -2.40. The van der Waals surface area contributed by atoms with Gasteiger partial charge in [-0.15, -0.1) is 0 Å². The summed E-state index contributed by atoms with van der Waals surface area (Å²) in [5, 5.41) is 0. The number of hydrogen-bond acceptors (Lipinski definition) is 2. The van der Waals surface area contributed by atoms with Crippen molar-refractivity contribution in [2.45, 2.75) is 38.1 Å². The summed E-state index contributed by atoms with van der Waals surface area (Å²) in [6.45, 7) is 1.12. The molecule has 1 aliphatic carbocycles. The van der Waals surface area contributed by atoms with E-state index in [9.17, 15) is 4.79 Å². The monoisotopic (exact) mass is 167 g/mol. The van der Waals surface area contributed by atoms with E-state index in [1.54, 1.807) is 0 Å². The highest BCUT2D eigenvalue weighted by Gasteiger charge is 2.36. The maximum absolute atomic E-state index is 11.6. The first-order chi connectivity index (χ1) is 5.79. The Kier molecular flexibility index (Phi) is 2.18. The first kappa shape index (κ1) is 8.24. The summed E-state index contributed by atoms with van der Waals surface area (Å²) in [4.78, 5) is 13.9. The van der Waals surface area contributed by atoms with Crippen molar-refractivity contribution in [2.75, 3.05) is 13.6 Å². The highest BCUT2D eigenvalue weighted by Crippen LogP contribution is 2.32. The Morgan fingerprint density at radius 3 is 2.83 bits per heavy atom. The number of nitrogens with zero attached hydrogens (tertiary/aromatic N) is 1. The van der Waals surface area contributed by atoms with Gasteiger partial charge in [0.05, 0.1) is 6.04 Å². The number of likely N-dealkylation sites (N-methyl/N-ethyl adjacent to an activating group) is 1. The normalized spacial score (nSPS) is 37.9. The van der Waals surface area contributed by atoms with Gasteiger partial charge in [0.15, 0.2) is 0 Å². The van der Waals surface area contributed by atoms with E-state index in [2.05, 4.69) is 11.9 Å². The number of piperidine rings is 1. The largest absolute Gasteiger partial charge is 0.298 e. The average Bonchev–Trinajstić information content (AvgIpc) is 2.04. The van der Waals surface area contributed by atoms with Crippen LogP contribution in [-0.4, -0.2) is 30.3 Å². The zero-order valence-electron chi connectivity index (χ0n) is 7.75. The Labute approximate surface area is 73.9 Å². The second-order valence-corrected chi connectivity index (χ2v) is 4.19. The van der Waals surface area contributed by atoms with Crippen molar-refractivity contribution in [3.8, 4) is 0 Å². The Balaban J connectivity index is 2.12. The van der Waals surface area contributed by atoms with Crippen molar-refractivity contribution < 1.29 is 4.79 Å². The van der Waals surface area contributed by atoms with E-state index < -0.39 is 0 Å². The molecule has 2 fully saturated rings. The number of ketones is 1. The second kappa shape index (κ2) is 3.17. The van der Waals surface area contributed by atoms with Gasteiger partial charge in [-0.05, 0) is 45.2 Å². The molecule has 0 radical (unpaired) electrons. The molecule has 1 saturated carbocycles. The van der Waals surface area contributed by atoms with Crippen molar-refractivity contribution in [1.29, 1.82) is 0 Å². The number of Topliss-reactive ketones (excluding diaryl/α,β-unsaturated/α-hetero) is 1. The summed E-state index contributed by atoms with van der Waals surface area (Å²) >= 11 is 0. The summed E-state index contributed by atoms with van der Waals surface area (Å²) in [6.07, 6.45) is 5.80. The highest BCUT2D eigenvalue weighted by atomic mass is 16.1. The van der Waals surface area contributed by atoms with Gasteiger partial charge < -0.3 is 0 Å². The molecule has 0 amide bonds. The fraction of sp³-hybridized carbons (Fsp3) is 0.900. The Morgan fingerprint density at radius 1 is 1.33 bits per heavy atom. The molecule has 12 heavy (non-hydrogen) atoms. The van der Waals surface area contributed by atoms with E-state index in [0.29, 0.717) is 11.7 Å². The van der Waals surface area contributed by atoms with Crippen LogP contribution in [0.2, 0.25) is 0 Å². The molecule has 68 valence electrons. The third-order valence-corrected chi connectivity index (χ3v) is 3.34. The maximum atomic E-state index is 11.6. The molecule has 2 heteroatoms. The summed E-state index contributed by atoms with van der Waals surface area (Å²) in [7, 11) is 2.10. The van der Waals surface area contributed by atoms with Crippen LogP contribution in [0.5, 0.6) is 0 Å². The molecular formula is C10H17NO. The summed E-state index contributed by atoms with van der Waals surface area (Å²) < 4.78 is 0. The quantitative estimate of drug-likeness (QED) is 0.544. The van der Waals surface area contributed by atoms with Gasteiger partial charge in [0.2, 0.25) is 0 Å². The molecule has 2 rings (SSSR count). The van der Waals surface area contributed by atoms with Gasteiger partial charge in [0.25, 0.3) is 0 Å². The third-order valence-electron chi connectivity index (χ3n) is 3.34. The van der Waals surface area contributed by atoms with Crippen LogP contribution in [0, 0.1) is 5.92 Å². The van der Waals surface area contributed by atoms with E-state index in [0.717, 1.165) is 19.4 Å².